The molecule has 0 aromatic heterocycles. The van der Waals surface area contributed by atoms with E-state index in [0.717, 1.165) is 11.3 Å². The Kier molecular flexibility index (Phi) is 4.83. The largest absolute Gasteiger partial charge is 0.480 e. The Bertz CT molecular complexity index is 530. The van der Waals surface area contributed by atoms with Crippen LogP contribution in [0.5, 0.6) is 0 Å². The molecule has 1 heterocycles. The normalized spacial score (nSPS) is 19.2. The molecule has 3 N–H and O–H groups in total. The number of hydrogen-bond acceptors (Lipinski definition) is 3. The number of amides is 1. The van der Waals surface area contributed by atoms with E-state index >= 15 is 0 Å². The van der Waals surface area contributed by atoms with Crippen molar-refractivity contribution in [2.24, 2.45) is 5.92 Å². The fraction of sp³-hybridized carbons (Fsp3) is 0.500. The van der Waals surface area contributed by atoms with Crippen LogP contribution < -0.4 is 10.6 Å². The van der Waals surface area contributed by atoms with E-state index in [4.69, 9.17) is 0 Å². The lowest BCUT2D eigenvalue weighted by Crippen LogP contribution is -2.45. The summed E-state index contributed by atoms with van der Waals surface area (Å²) in [5.74, 6) is -1.15. The van der Waals surface area contributed by atoms with Gasteiger partial charge in [0.25, 0.3) is 0 Å². The van der Waals surface area contributed by atoms with Crippen LogP contribution in [0.2, 0.25) is 0 Å². The van der Waals surface area contributed by atoms with Gasteiger partial charge in [-0.05, 0) is 17.5 Å². The molecule has 0 fully saturated rings. The summed E-state index contributed by atoms with van der Waals surface area (Å²) >= 11 is 0. The molecular formula is C16H22N2O3. The van der Waals surface area contributed by atoms with Crippen molar-refractivity contribution >= 4 is 17.6 Å². The summed E-state index contributed by atoms with van der Waals surface area (Å²) in [6.45, 7) is 4.48. The number of rotatable bonds is 6. The van der Waals surface area contributed by atoms with Crippen LogP contribution >= 0.6 is 0 Å². The Hall–Kier alpha value is -2.04. The summed E-state index contributed by atoms with van der Waals surface area (Å²) in [4.78, 5) is 23.4. The van der Waals surface area contributed by atoms with Gasteiger partial charge in [0.1, 0.15) is 6.04 Å². The highest BCUT2D eigenvalue weighted by Gasteiger charge is 2.28. The quantitative estimate of drug-likeness (QED) is 0.750. The van der Waals surface area contributed by atoms with Gasteiger partial charge in [0.2, 0.25) is 5.91 Å². The molecule has 1 aromatic rings. The molecule has 1 aliphatic rings. The highest BCUT2D eigenvalue weighted by atomic mass is 16.4. The Morgan fingerprint density at radius 3 is 2.81 bits per heavy atom. The number of fused-ring (bicyclic) bond motifs is 1. The molecule has 1 amide bonds. The van der Waals surface area contributed by atoms with Crippen molar-refractivity contribution in [2.45, 2.75) is 38.6 Å². The van der Waals surface area contributed by atoms with Crippen molar-refractivity contribution in [3.8, 4) is 0 Å². The lowest BCUT2D eigenvalue weighted by Gasteiger charge is -2.21. The number of anilines is 1. The van der Waals surface area contributed by atoms with E-state index in [-0.39, 0.29) is 17.7 Å². The average molecular weight is 290 g/mol. The molecule has 1 aromatic carbocycles. The minimum atomic E-state index is -0.970. The summed E-state index contributed by atoms with van der Waals surface area (Å²) in [5, 5.41) is 15.1. The van der Waals surface area contributed by atoms with Gasteiger partial charge in [-0.1, -0.05) is 38.5 Å². The molecule has 0 radical (unpaired) electrons. The first-order chi connectivity index (χ1) is 10.0. The summed E-state index contributed by atoms with van der Waals surface area (Å²) < 4.78 is 0. The third-order valence-corrected chi connectivity index (χ3v) is 4.17. The molecule has 1 aliphatic heterocycles. The van der Waals surface area contributed by atoms with Gasteiger partial charge in [0, 0.05) is 24.6 Å². The molecule has 3 unspecified atom stereocenters. The molecule has 114 valence electrons. The number of nitrogens with one attached hydrogen (secondary N) is 2. The van der Waals surface area contributed by atoms with Gasteiger partial charge in [0.15, 0.2) is 0 Å². The van der Waals surface area contributed by atoms with Gasteiger partial charge in [-0.3, -0.25) is 4.79 Å². The van der Waals surface area contributed by atoms with Crippen LogP contribution in [-0.2, 0) is 9.59 Å². The lowest BCUT2D eigenvalue weighted by molar-refractivity contribution is -0.143. The van der Waals surface area contributed by atoms with Gasteiger partial charge in [-0.25, -0.2) is 4.79 Å². The van der Waals surface area contributed by atoms with Crippen molar-refractivity contribution in [3.63, 3.8) is 0 Å². The predicted molar refractivity (Wildman–Crippen MR) is 81.3 cm³/mol. The summed E-state index contributed by atoms with van der Waals surface area (Å²) in [7, 11) is 0. The molecular weight excluding hydrogens is 268 g/mol. The monoisotopic (exact) mass is 290 g/mol. The van der Waals surface area contributed by atoms with Crippen LogP contribution in [0.25, 0.3) is 0 Å². The van der Waals surface area contributed by atoms with Gasteiger partial charge < -0.3 is 15.7 Å². The van der Waals surface area contributed by atoms with Crippen molar-refractivity contribution in [1.29, 1.82) is 0 Å². The number of carbonyl (C=O) groups excluding carboxylic acids is 1. The first kappa shape index (κ1) is 15.4. The zero-order chi connectivity index (χ0) is 15.4. The van der Waals surface area contributed by atoms with Gasteiger partial charge >= 0.3 is 5.97 Å². The number of carboxylic acid groups (broad SMARTS) is 1. The molecule has 5 nitrogen and oxygen atoms in total. The summed E-state index contributed by atoms with van der Waals surface area (Å²) in [6.07, 6.45) is 1.02. The van der Waals surface area contributed by atoms with Gasteiger partial charge in [-0.2, -0.15) is 0 Å². The summed E-state index contributed by atoms with van der Waals surface area (Å²) in [6, 6.07) is 7.10. The molecule has 0 spiro atoms. The van der Waals surface area contributed by atoms with E-state index in [1.807, 2.05) is 38.1 Å². The van der Waals surface area contributed by atoms with Crippen molar-refractivity contribution in [1.82, 2.24) is 5.32 Å². The fourth-order valence-corrected chi connectivity index (χ4v) is 2.68. The summed E-state index contributed by atoms with van der Waals surface area (Å²) in [5.41, 5.74) is 2.19. The predicted octanol–water partition coefficient (Wildman–Crippen LogP) is 2.20. The maximum atomic E-state index is 12.1. The third kappa shape index (κ3) is 3.54. The molecule has 3 atom stereocenters. The highest BCUT2D eigenvalue weighted by Crippen LogP contribution is 2.33. The van der Waals surface area contributed by atoms with Crippen LogP contribution in [0.3, 0.4) is 0 Å². The maximum Gasteiger partial charge on any atom is 0.326 e. The van der Waals surface area contributed by atoms with E-state index in [1.54, 1.807) is 0 Å². The minimum Gasteiger partial charge on any atom is -0.480 e. The molecule has 5 heteroatoms. The molecule has 21 heavy (non-hydrogen) atoms. The van der Waals surface area contributed by atoms with Crippen LogP contribution in [0.15, 0.2) is 24.3 Å². The lowest BCUT2D eigenvalue weighted by atomic mass is 9.96. The van der Waals surface area contributed by atoms with Crippen LogP contribution in [0, 0.1) is 5.92 Å². The number of aliphatic carboxylic acids is 1. The number of hydrogen-bond donors (Lipinski definition) is 3. The zero-order valence-corrected chi connectivity index (χ0v) is 12.4. The Labute approximate surface area is 124 Å². The third-order valence-electron chi connectivity index (χ3n) is 4.17. The maximum absolute atomic E-state index is 12.1. The number of carbonyl (C=O) groups is 2. The first-order valence-corrected chi connectivity index (χ1v) is 7.37. The second-order valence-corrected chi connectivity index (χ2v) is 5.64. The van der Waals surface area contributed by atoms with Crippen molar-refractivity contribution in [3.05, 3.63) is 29.8 Å². The number of para-hydroxylation sites is 1. The molecule has 0 saturated heterocycles. The Morgan fingerprint density at radius 1 is 1.43 bits per heavy atom. The van der Waals surface area contributed by atoms with E-state index in [1.165, 1.54) is 0 Å². The van der Waals surface area contributed by atoms with Crippen LogP contribution in [0.1, 0.15) is 38.2 Å². The average Bonchev–Trinajstić information content (AvgIpc) is 2.87. The molecule has 0 aliphatic carbocycles. The first-order valence-electron chi connectivity index (χ1n) is 7.37. The van der Waals surface area contributed by atoms with E-state index in [9.17, 15) is 14.7 Å². The second-order valence-electron chi connectivity index (χ2n) is 5.64. The standard InChI is InChI=1S/C16H22N2O3/c1-3-10(2)15(16(20)21)18-14(19)8-11-9-17-13-7-5-4-6-12(11)13/h4-7,10-11,15,17H,3,8-9H2,1-2H3,(H,18,19)(H,20,21). The van der Waals surface area contributed by atoms with Gasteiger partial charge in [-0.15, -0.1) is 0 Å². The Balaban J connectivity index is 1.98. The molecule has 0 bridgehead atoms. The second kappa shape index (κ2) is 6.61. The van der Waals surface area contributed by atoms with Crippen LogP contribution in [0.4, 0.5) is 5.69 Å². The fourth-order valence-electron chi connectivity index (χ4n) is 2.68. The molecule has 0 saturated carbocycles. The number of benzene rings is 1. The zero-order valence-electron chi connectivity index (χ0n) is 12.4. The topological polar surface area (TPSA) is 78.4 Å². The highest BCUT2D eigenvalue weighted by molar-refractivity contribution is 5.84. The minimum absolute atomic E-state index is 0.0829. The van der Waals surface area contributed by atoms with Gasteiger partial charge in [0.05, 0.1) is 0 Å². The Morgan fingerprint density at radius 2 is 2.14 bits per heavy atom. The number of carboxylic acids is 1. The van der Waals surface area contributed by atoms with Crippen molar-refractivity contribution < 1.29 is 14.7 Å². The smallest absolute Gasteiger partial charge is 0.326 e. The van der Waals surface area contributed by atoms with E-state index in [0.29, 0.717) is 19.4 Å². The van der Waals surface area contributed by atoms with E-state index < -0.39 is 12.0 Å². The van der Waals surface area contributed by atoms with Crippen molar-refractivity contribution in [2.75, 3.05) is 11.9 Å². The SMILES string of the molecule is CCC(C)C(NC(=O)CC1CNc2ccccc21)C(=O)O. The molecule has 2 rings (SSSR count). The van der Waals surface area contributed by atoms with Crippen LogP contribution in [-0.4, -0.2) is 29.6 Å². The van der Waals surface area contributed by atoms with E-state index in [2.05, 4.69) is 10.6 Å².